The fourth-order valence-electron chi connectivity index (χ4n) is 1.97. The summed E-state index contributed by atoms with van der Waals surface area (Å²) >= 11 is 0. The topological polar surface area (TPSA) is 55.1 Å². The second-order valence-electron chi connectivity index (χ2n) is 5.38. The number of carbonyl (C=O) groups excluding carboxylic acids is 1. The molecular weight excluding hydrogens is 236 g/mol. The summed E-state index contributed by atoms with van der Waals surface area (Å²) in [5.41, 5.74) is 7.40. The van der Waals surface area contributed by atoms with Crippen molar-refractivity contribution in [3.05, 3.63) is 35.4 Å². The van der Waals surface area contributed by atoms with Crippen LogP contribution in [0.15, 0.2) is 24.3 Å². The molecule has 0 atom stereocenters. The van der Waals surface area contributed by atoms with E-state index in [1.54, 1.807) is 0 Å². The smallest absolute Gasteiger partial charge is 0.251 e. The molecule has 1 rings (SSSR count). The zero-order valence-electron chi connectivity index (χ0n) is 12.1. The zero-order chi connectivity index (χ0) is 14.1. The van der Waals surface area contributed by atoms with Crippen LogP contribution < -0.4 is 11.1 Å². The van der Waals surface area contributed by atoms with Gasteiger partial charge in [-0.25, -0.2) is 0 Å². The molecule has 0 bridgehead atoms. The Hall–Kier alpha value is -1.35. The number of hydrogen-bond donors (Lipinski definition) is 2. The van der Waals surface area contributed by atoms with Gasteiger partial charge in [0.15, 0.2) is 0 Å². The van der Waals surface area contributed by atoms with E-state index in [1.165, 1.54) is 18.4 Å². The molecule has 3 N–H and O–H groups in total. The van der Waals surface area contributed by atoms with Crippen molar-refractivity contribution in [1.29, 1.82) is 0 Å². The minimum absolute atomic E-state index is 0.0174. The van der Waals surface area contributed by atoms with Gasteiger partial charge >= 0.3 is 0 Å². The van der Waals surface area contributed by atoms with E-state index < -0.39 is 0 Å². The first-order valence-electron chi connectivity index (χ1n) is 7.20. The van der Waals surface area contributed by atoms with Crippen LogP contribution in [0.4, 0.5) is 0 Å². The summed E-state index contributed by atoms with van der Waals surface area (Å²) in [4.78, 5) is 11.9. The van der Waals surface area contributed by atoms with Gasteiger partial charge in [-0.05, 0) is 43.0 Å². The molecule has 0 aromatic heterocycles. The Balaban J connectivity index is 2.29. The molecule has 1 aromatic rings. The van der Waals surface area contributed by atoms with Gasteiger partial charge in [-0.3, -0.25) is 4.79 Å². The van der Waals surface area contributed by atoms with Crippen molar-refractivity contribution >= 4 is 5.91 Å². The average Bonchev–Trinajstić information content (AvgIpc) is 2.39. The molecule has 0 aliphatic rings. The van der Waals surface area contributed by atoms with Crippen LogP contribution in [0.3, 0.4) is 0 Å². The first-order chi connectivity index (χ1) is 9.13. The largest absolute Gasteiger partial charge is 0.352 e. The Morgan fingerprint density at radius 2 is 1.89 bits per heavy atom. The minimum atomic E-state index is 0.0174. The van der Waals surface area contributed by atoms with Crippen LogP contribution in [0.5, 0.6) is 0 Å². The number of hydrogen-bond acceptors (Lipinski definition) is 2. The maximum absolute atomic E-state index is 11.9. The van der Waals surface area contributed by atoms with Gasteiger partial charge in [0.1, 0.15) is 0 Å². The lowest BCUT2D eigenvalue weighted by atomic mass is 10.1. The number of unbranched alkanes of at least 4 members (excludes halogenated alkanes) is 1. The molecule has 1 amide bonds. The quantitative estimate of drug-likeness (QED) is 0.708. The predicted octanol–water partition coefficient (Wildman–Crippen LogP) is 2.74. The second-order valence-corrected chi connectivity index (χ2v) is 5.38. The Labute approximate surface area is 116 Å². The van der Waals surface area contributed by atoms with E-state index in [1.807, 2.05) is 24.3 Å². The van der Waals surface area contributed by atoms with Gasteiger partial charge in [0.25, 0.3) is 5.91 Å². The first kappa shape index (κ1) is 15.7. The summed E-state index contributed by atoms with van der Waals surface area (Å²) in [6, 6.07) is 7.68. The summed E-state index contributed by atoms with van der Waals surface area (Å²) in [5, 5.41) is 2.96. The minimum Gasteiger partial charge on any atom is -0.352 e. The lowest BCUT2D eigenvalue weighted by Gasteiger charge is -2.07. The van der Waals surface area contributed by atoms with Crippen LogP contribution in [-0.4, -0.2) is 19.0 Å². The van der Waals surface area contributed by atoms with E-state index >= 15 is 0 Å². The van der Waals surface area contributed by atoms with Crippen molar-refractivity contribution in [2.45, 2.75) is 39.5 Å². The Kier molecular flexibility index (Phi) is 7.19. The molecule has 0 radical (unpaired) electrons. The van der Waals surface area contributed by atoms with Crippen LogP contribution in [0.25, 0.3) is 0 Å². The van der Waals surface area contributed by atoms with Crippen LogP contribution in [0.2, 0.25) is 0 Å². The van der Waals surface area contributed by atoms with Crippen LogP contribution in [0, 0.1) is 5.92 Å². The average molecular weight is 262 g/mol. The third kappa shape index (κ3) is 6.39. The SMILES string of the molecule is CC(C)CCCCNC(=O)c1ccc(CCN)cc1. The van der Waals surface area contributed by atoms with E-state index in [2.05, 4.69) is 19.2 Å². The summed E-state index contributed by atoms with van der Waals surface area (Å²) < 4.78 is 0. The lowest BCUT2D eigenvalue weighted by molar-refractivity contribution is 0.0953. The summed E-state index contributed by atoms with van der Waals surface area (Å²) in [6.07, 6.45) is 4.31. The highest BCUT2D eigenvalue weighted by Crippen LogP contribution is 2.06. The standard InChI is InChI=1S/C16H26N2O/c1-13(2)5-3-4-12-18-16(19)15-8-6-14(7-9-15)10-11-17/h6-9,13H,3-5,10-12,17H2,1-2H3,(H,18,19). The van der Waals surface area contributed by atoms with Crippen molar-refractivity contribution in [3.63, 3.8) is 0 Å². The van der Waals surface area contributed by atoms with Gasteiger partial charge in [0.2, 0.25) is 0 Å². The first-order valence-corrected chi connectivity index (χ1v) is 7.20. The van der Waals surface area contributed by atoms with Crippen molar-refractivity contribution in [1.82, 2.24) is 5.32 Å². The molecule has 106 valence electrons. The Morgan fingerprint density at radius 3 is 2.47 bits per heavy atom. The summed E-state index contributed by atoms with van der Waals surface area (Å²) in [5.74, 6) is 0.759. The molecule has 19 heavy (non-hydrogen) atoms. The van der Waals surface area contributed by atoms with E-state index in [-0.39, 0.29) is 5.91 Å². The van der Waals surface area contributed by atoms with Crippen LogP contribution in [-0.2, 0) is 6.42 Å². The molecule has 3 heteroatoms. The number of nitrogens with one attached hydrogen (secondary N) is 1. The van der Waals surface area contributed by atoms with E-state index in [4.69, 9.17) is 5.73 Å². The third-order valence-electron chi connectivity index (χ3n) is 3.14. The Bertz CT molecular complexity index is 371. The van der Waals surface area contributed by atoms with Crippen LogP contribution >= 0.6 is 0 Å². The van der Waals surface area contributed by atoms with E-state index in [0.29, 0.717) is 6.54 Å². The molecule has 0 unspecified atom stereocenters. The van der Waals surface area contributed by atoms with E-state index in [0.717, 1.165) is 30.9 Å². The molecule has 0 spiro atoms. The maximum atomic E-state index is 11.9. The molecular formula is C16H26N2O. The molecule has 3 nitrogen and oxygen atoms in total. The molecule has 0 saturated carbocycles. The number of amides is 1. The maximum Gasteiger partial charge on any atom is 0.251 e. The van der Waals surface area contributed by atoms with Gasteiger partial charge in [0.05, 0.1) is 0 Å². The van der Waals surface area contributed by atoms with Gasteiger partial charge in [0, 0.05) is 12.1 Å². The van der Waals surface area contributed by atoms with Gasteiger partial charge < -0.3 is 11.1 Å². The predicted molar refractivity (Wildman–Crippen MR) is 80.2 cm³/mol. The molecule has 0 saturated heterocycles. The van der Waals surface area contributed by atoms with Gasteiger partial charge in [-0.15, -0.1) is 0 Å². The van der Waals surface area contributed by atoms with Crippen molar-refractivity contribution < 1.29 is 4.79 Å². The molecule has 0 aliphatic heterocycles. The number of rotatable bonds is 8. The second kappa shape index (κ2) is 8.70. The van der Waals surface area contributed by atoms with Gasteiger partial charge in [-0.1, -0.05) is 38.8 Å². The molecule has 0 fully saturated rings. The van der Waals surface area contributed by atoms with E-state index in [9.17, 15) is 4.79 Å². The van der Waals surface area contributed by atoms with Gasteiger partial charge in [-0.2, -0.15) is 0 Å². The monoisotopic (exact) mass is 262 g/mol. The Morgan fingerprint density at radius 1 is 1.21 bits per heavy atom. The summed E-state index contributed by atoms with van der Waals surface area (Å²) in [7, 11) is 0. The number of benzene rings is 1. The molecule has 0 aliphatic carbocycles. The van der Waals surface area contributed by atoms with Crippen molar-refractivity contribution in [2.24, 2.45) is 11.7 Å². The zero-order valence-corrected chi connectivity index (χ0v) is 12.1. The lowest BCUT2D eigenvalue weighted by Crippen LogP contribution is -2.24. The van der Waals surface area contributed by atoms with Crippen LogP contribution in [0.1, 0.15) is 49.0 Å². The van der Waals surface area contributed by atoms with Crippen molar-refractivity contribution in [3.8, 4) is 0 Å². The number of nitrogens with two attached hydrogens (primary N) is 1. The highest BCUT2D eigenvalue weighted by atomic mass is 16.1. The normalized spacial score (nSPS) is 10.7. The highest BCUT2D eigenvalue weighted by molar-refractivity contribution is 5.94. The fourth-order valence-corrected chi connectivity index (χ4v) is 1.97. The molecule has 1 aromatic carbocycles. The highest BCUT2D eigenvalue weighted by Gasteiger charge is 2.04. The summed E-state index contributed by atoms with van der Waals surface area (Å²) in [6.45, 7) is 5.85. The fraction of sp³-hybridized carbons (Fsp3) is 0.562. The number of carbonyl (C=O) groups is 1. The third-order valence-corrected chi connectivity index (χ3v) is 3.14. The van der Waals surface area contributed by atoms with Crippen molar-refractivity contribution in [2.75, 3.05) is 13.1 Å². The molecule has 0 heterocycles.